The number of fused-ring (bicyclic) bond motifs is 4. The van der Waals surface area contributed by atoms with Crippen molar-refractivity contribution in [2.75, 3.05) is 0 Å². The minimum atomic E-state index is -0.288. The third-order valence-electron chi connectivity index (χ3n) is 11.3. The van der Waals surface area contributed by atoms with Gasteiger partial charge in [-0.25, -0.2) is 0 Å². The summed E-state index contributed by atoms with van der Waals surface area (Å²) >= 11 is 0. The van der Waals surface area contributed by atoms with E-state index in [4.69, 9.17) is 0 Å². The lowest BCUT2D eigenvalue weighted by atomic mass is 9.43. The molecule has 2 saturated carbocycles. The van der Waals surface area contributed by atoms with Gasteiger partial charge in [0.15, 0.2) is 0 Å². The van der Waals surface area contributed by atoms with Crippen LogP contribution in [0.3, 0.4) is 0 Å². The Hall–Kier alpha value is -0.600. The molecule has 176 valence electrons. The molecule has 0 bridgehead atoms. The fourth-order valence-corrected chi connectivity index (χ4v) is 9.10. The van der Waals surface area contributed by atoms with Crippen molar-refractivity contribution >= 4 is 0 Å². The van der Waals surface area contributed by atoms with E-state index in [-0.39, 0.29) is 23.0 Å². The van der Waals surface area contributed by atoms with Crippen LogP contribution in [0.1, 0.15) is 113 Å². The molecule has 0 aromatic heterocycles. The summed E-state index contributed by atoms with van der Waals surface area (Å²) in [5.41, 5.74) is 5.82. The third-order valence-corrected chi connectivity index (χ3v) is 11.3. The Balaban J connectivity index is 1.62. The minimum Gasteiger partial charge on any atom is -0.393 e. The van der Waals surface area contributed by atoms with E-state index >= 15 is 0 Å². The summed E-state index contributed by atoms with van der Waals surface area (Å²) in [4.78, 5) is 0. The molecule has 4 rings (SSSR count). The van der Waals surface area contributed by atoms with Gasteiger partial charge < -0.3 is 10.2 Å². The van der Waals surface area contributed by atoms with Crippen LogP contribution in [-0.2, 0) is 0 Å². The van der Waals surface area contributed by atoms with E-state index in [1.165, 1.54) is 44.1 Å². The number of aliphatic hydroxyl groups is 2. The Morgan fingerprint density at radius 1 is 0.968 bits per heavy atom. The lowest BCUT2D eigenvalue weighted by molar-refractivity contribution is -0.0957. The molecule has 2 heteroatoms. The van der Waals surface area contributed by atoms with Crippen molar-refractivity contribution in [3.05, 3.63) is 22.8 Å². The number of hydrogen-bond acceptors (Lipinski definition) is 2. The van der Waals surface area contributed by atoms with Crippen LogP contribution < -0.4 is 0 Å². The molecule has 0 aromatic rings. The largest absolute Gasteiger partial charge is 0.393 e. The van der Waals surface area contributed by atoms with E-state index in [1.807, 2.05) is 11.6 Å². The summed E-state index contributed by atoms with van der Waals surface area (Å²) in [7, 11) is 0. The summed E-state index contributed by atoms with van der Waals surface area (Å²) in [6, 6.07) is 0. The molecular formula is C29H48O2. The summed E-state index contributed by atoms with van der Waals surface area (Å²) < 4.78 is 0. The average molecular weight is 429 g/mol. The van der Waals surface area contributed by atoms with E-state index in [0.717, 1.165) is 31.6 Å². The van der Waals surface area contributed by atoms with Gasteiger partial charge in [0, 0.05) is 0 Å². The number of rotatable bonds is 4. The molecule has 4 aliphatic rings. The van der Waals surface area contributed by atoms with Gasteiger partial charge in [-0.15, -0.1) is 0 Å². The van der Waals surface area contributed by atoms with Crippen molar-refractivity contribution in [1.82, 2.24) is 0 Å². The van der Waals surface area contributed by atoms with Crippen LogP contribution in [0.25, 0.3) is 0 Å². The van der Waals surface area contributed by atoms with Crippen molar-refractivity contribution in [2.24, 2.45) is 33.5 Å². The molecule has 31 heavy (non-hydrogen) atoms. The van der Waals surface area contributed by atoms with Crippen LogP contribution in [0.15, 0.2) is 22.8 Å². The minimum absolute atomic E-state index is 0.0203. The standard InChI is InChI=1S/C29H48O2/c1-19(2)18-21(30)9-8-20-12-16-29(7)23-10-11-24-26(3,4)25(31)14-15-27(24,5)22(23)13-17-28(20,29)6/h18,20-21,24-25,30-31H,8-17H2,1-7H3/t20-,21+,24-,25+,27+,28-,29-/m0/s1. The SMILES string of the molecule is CC(C)=C[C@H](O)CC[C@H]1CC[C@@]2(C)C3=C(CC[C@@]12C)[C@@]1(C)CC[C@@H](O)C(C)(C)[C@@H]1CC3. The molecule has 0 radical (unpaired) electrons. The van der Waals surface area contributed by atoms with Gasteiger partial charge in [0.05, 0.1) is 12.2 Å². The van der Waals surface area contributed by atoms with Crippen molar-refractivity contribution in [2.45, 2.75) is 125 Å². The first kappa shape index (κ1) is 23.6. The highest BCUT2D eigenvalue weighted by atomic mass is 16.3. The Labute approximate surface area is 191 Å². The fourth-order valence-electron chi connectivity index (χ4n) is 9.10. The van der Waals surface area contributed by atoms with Gasteiger partial charge >= 0.3 is 0 Å². The normalized spacial score (nSPS) is 44.9. The highest BCUT2D eigenvalue weighted by Crippen LogP contribution is 2.72. The van der Waals surface area contributed by atoms with E-state index in [1.54, 1.807) is 5.57 Å². The molecule has 0 amide bonds. The molecule has 2 N–H and O–H groups in total. The van der Waals surface area contributed by atoms with E-state index in [9.17, 15) is 10.2 Å². The molecule has 2 fully saturated rings. The molecule has 0 aliphatic heterocycles. The highest BCUT2D eigenvalue weighted by molar-refractivity contribution is 5.38. The van der Waals surface area contributed by atoms with Gasteiger partial charge in [-0.3, -0.25) is 0 Å². The Bertz CT molecular complexity index is 772. The molecule has 0 aromatic carbocycles. The van der Waals surface area contributed by atoms with Crippen LogP contribution in [0.2, 0.25) is 0 Å². The first-order valence-electron chi connectivity index (χ1n) is 13.1. The summed E-state index contributed by atoms with van der Waals surface area (Å²) in [5.74, 6) is 1.33. The summed E-state index contributed by atoms with van der Waals surface area (Å²) in [6.45, 7) is 16.5. The van der Waals surface area contributed by atoms with E-state index in [0.29, 0.717) is 16.7 Å². The van der Waals surface area contributed by atoms with Crippen molar-refractivity contribution in [3.63, 3.8) is 0 Å². The van der Waals surface area contributed by atoms with Crippen LogP contribution in [0, 0.1) is 33.5 Å². The predicted octanol–water partition coefficient (Wildman–Crippen LogP) is 7.20. The summed E-state index contributed by atoms with van der Waals surface area (Å²) in [6.07, 6.45) is 13.4. The summed E-state index contributed by atoms with van der Waals surface area (Å²) in [5, 5.41) is 21.2. The van der Waals surface area contributed by atoms with Gasteiger partial charge in [-0.05, 0) is 112 Å². The van der Waals surface area contributed by atoms with Gasteiger partial charge in [0.2, 0.25) is 0 Å². The average Bonchev–Trinajstić information content (AvgIpc) is 2.94. The van der Waals surface area contributed by atoms with Gasteiger partial charge in [-0.2, -0.15) is 0 Å². The lowest BCUT2D eigenvalue weighted by Gasteiger charge is -2.62. The van der Waals surface area contributed by atoms with Crippen LogP contribution >= 0.6 is 0 Å². The zero-order valence-corrected chi connectivity index (χ0v) is 21.4. The van der Waals surface area contributed by atoms with Crippen molar-refractivity contribution in [3.8, 4) is 0 Å². The van der Waals surface area contributed by atoms with Crippen LogP contribution in [0.5, 0.6) is 0 Å². The predicted molar refractivity (Wildman–Crippen MR) is 130 cm³/mol. The number of hydrogen-bond donors (Lipinski definition) is 2. The second kappa shape index (κ2) is 7.73. The highest BCUT2D eigenvalue weighted by Gasteiger charge is 2.62. The molecule has 0 heterocycles. The number of allylic oxidation sites excluding steroid dienone is 3. The van der Waals surface area contributed by atoms with E-state index in [2.05, 4.69) is 48.5 Å². The van der Waals surface area contributed by atoms with Crippen LogP contribution in [0.4, 0.5) is 0 Å². The first-order chi connectivity index (χ1) is 14.4. The maximum absolute atomic E-state index is 10.8. The van der Waals surface area contributed by atoms with Crippen LogP contribution in [-0.4, -0.2) is 22.4 Å². The van der Waals surface area contributed by atoms with Crippen molar-refractivity contribution in [1.29, 1.82) is 0 Å². The zero-order chi connectivity index (χ0) is 22.8. The molecular weight excluding hydrogens is 380 g/mol. The van der Waals surface area contributed by atoms with Gasteiger partial charge in [0.25, 0.3) is 0 Å². The lowest BCUT2D eigenvalue weighted by Crippen LogP contribution is -2.54. The third kappa shape index (κ3) is 3.41. The maximum atomic E-state index is 10.8. The molecule has 0 saturated heterocycles. The first-order valence-corrected chi connectivity index (χ1v) is 13.1. The maximum Gasteiger partial charge on any atom is 0.0723 e. The Morgan fingerprint density at radius 3 is 2.35 bits per heavy atom. The zero-order valence-electron chi connectivity index (χ0n) is 21.4. The topological polar surface area (TPSA) is 40.5 Å². The van der Waals surface area contributed by atoms with Crippen molar-refractivity contribution < 1.29 is 10.2 Å². The van der Waals surface area contributed by atoms with Gasteiger partial charge in [0.1, 0.15) is 0 Å². The van der Waals surface area contributed by atoms with Gasteiger partial charge in [-0.1, -0.05) is 57.4 Å². The molecule has 0 unspecified atom stereocenters. The second-order valence-electron chi connectivity index (χ2n) is 13.2. The number of aliphatic hydroxyl groups excluding tert-OH is 2. The monoisotopic (exact) mass is 428 g/mol. The molecule has 4 aliphatic carbocycles. The van der Waals surface area contributed by atoms with E-state index < -0.39 is 0 Å². The smallest absolute Gasteiger partial charge is 0.0723 e. The molecule has 7 atom stereocenters. The Kier molecular flexibility index (Phi) is 5.87. The molecule has 2 nitrogen and oxygen atoms in total. The molecule has 0 spiro atoms. The second-order valence-corrected chi connectivity index (χ2v) is 13.2. The Morgan fingerprint density at radius 2 is 1.68 bits per heavy atom. The quantitative estimate of drug-likeness (QED) is 0.465. The fraction of sp³-hybridized carbons (Fsp3) is 0.862.